The minimum absolute atomic E-state index is 0.00707. The topological polar surface area (TPSA) is 73.0 Å². The summed E-state index contributed by atoms with van der Waals surface area (Å²) < 4.78 is 0. The van der Waals surface area contributed by atoms with Gasteiger partial charge in [-0.1, -0.05) is 30.3 Å². The summed E-state index contributed by atoms with van der Waals surface area (Å²) in [5.74, 6) is 1.24. The summed E-state index contributed by atoms with van der Waals surface area (Å²) in [6.45, 7) is 4.29. The Hall–Kier alpha value is -2.57. The molecule has 4 saturated heterocycles. The molecule has 4 fully saturated rings. The molecule has 1 aromatic carbocycles. The predicted molar refractivity (Wildman–Crippen MR) is 125 cm³/mol. The van der Waals surface area contributed by atoms with Gasteiger partial charge in [-0.25, -0.2) is 4.79 Å². The van der Waals surface area contributed by atoms with E-state index in [4.69, 9.17) is 0 Å². The molecule has 0 aromatic heterocycles. The average molecular weight is 453 g/mol. The summed E-state index contributed by atoms with van der Waals surface area (Å²) in [5.41, 5.74) is 1.23. The van der Waals surface area contributed by atoms with E-state index in [-0.39, 0.29) is 17.9 Å². The Morgan fingerprint density at radius 2 is 1.76 bits per heavy atom. The molecular formula is C26H36N4O3. The van der Waals surface area contributed by atoms with Crippen LogP contribution < -0.4 is 5.32 Å². The van der Waals surface area contributed by atoms with Crippen LogP contribution in [0.15, 0.2) is 30.3 Å². The normalized spacial score (nSPS) is 27.8. The van der Waals surface area contributed by atoms with Gasteiger partial charge in [0.1, 0.15) is 0 Å². The molecule has 0 saturated carbocycles. The number of piperidine rings is 4. The SMILES string of the molecule is O=C(NCCc1ccccc1)C1CCN(C(=O)N2C[C@@H]3C[C@H](C2)[C@H]2CCCC(=O)N2C3)CC1. The quantitative estimate of drug-likeness (QED) is 0.763. The monoisotopic (exact) mass is 452 g/mol. The summed E-state index contributed by atoms with van der Waals surface area (Å²) in [6, 6.07) is 10.6. The fourth-order valence-electron chi connectivity index (χ4n) is 6.42. The second-order valence-electron chi connectivity index (χ2n) is 10.3. The number of likely N-dealkylation sites (tertiary alicyclic amines) is 2. The Bertz CT molecular complexity index is 868. The van der Waals surface area contributed by atoms with Gasteiger partial charge in [-0.05, 0) is 55.9 Å². The maximum Gasteiger partial charge on any atom is 0.320 e. The first-order chi connectivity index (χ1) is 16.1. The third-order valence-corrected chi connectivity index (χ3v) is 8.14. The van der Waals surface area contributed by atoms with Crippen LogP contribution in [0.4, 0.5) is 4.79 Å². The number of fused-ring (bicyclic) bond motifs is 4. The smallest absolute Gasteiger partial charge is 0.320 e. The zero-order valence-corrected chi connectivity index (χ0v) is 19.5. The lowest BCUT2D eigenvalue weighted by molar-refractivity contribution is -0.144. The molecule has 0 unspecified atom stereocenters. The van der Waals surface area contributed by atoms with Crippen LogP contribution in [-0.2, 0) is 16.0 Å². The summed E-state index contributed by atoms with van der Waals surface area (Å²) in [4.78, 5) is 44.3. The Kier molecular flexibility index (Phi) is 6.56. The highest BCUT2D eigenvalue weighted by Crippen LogP contribution is 2.38. The lowest BCUT2D eigenvalue weighted by atomic mass is 9.76. The number of nitrogens with one attached hydrogen (secondary N) is 1. The average Bonchev–Trinajstić information content (AvgIpc) is 2.85. The first-order valence-corrected chi connectivity index (χ1v) is 12.7. The first-order valence-electron chi connectivity index (χ1n) is 12.7. The van der Waals surface area contributed by atoms with Crippen molar-refractivity contribution in [1.29, 1.82) is 0 Å². The number of rotatable bonds is 4. The molecule has 0 radical (unpaired) electrons. The van der Waals surface area contributed by atoms with Gasteiger partial charge < -0.3 is 20.0 Å². The van der Waals surface area contributed by atoms with Gasteiger partial charge in [-0.15, -0.1) is 0 Å². The zero-order valence-electron chi connectivity index (χ0n) is 19.5. The van der Waals surface area contributed by atoms with Crippen molar-refractivity contribution in [3.05, 3.63) is 35.9 Å². The van der Waals surface area contributed by atoms with Crippen molar-refractivity contribution in [2.24, 2.45) is 17.8 Å². The van der Waals surface area contributed by atoms with Crippen molar-refractivity contribution < 1.29 is 14.4 Å². The Balaban J connectivity index is 1.08. The van der Waals surface area contributed by atoms with Crippen LogP contribution >= 0.6 is 0 Å². The second kappa shape index (κ2) is 9.74. The van der Waals surface area contributed by atoms with Crippen molar-refractivity contribution in [2.75, 3.05) is 39.3 Å². The number of benzene rings is 1. The Labute approximate surface area is 196 Å². The fourth-order valence-corrected chi connectivity index (χ4v) is 6.42. The van der Waals surface area contributed by atoms with Crippen molar-refractivity contribution in [3.8, 4) is 0 Å². The van der Waals surface area contributed by atoms with Gasteiger partial charge >= 0.3 is 6.03 Å². The third kappa shape index (κ3) is 4.87. The van der Waals surface area contributed by atoms with E-state index in [9.17, 15) is 14.4 Å². The second-order valence-corrected chi connectivity index (χ2v) is 10.3. The first kappa shape index (κ1) is 22.2. The molecule has 2 bridgehead atoms. The number of nitrogens with zero attached hydrogens (tertiary/aromatic N) is 3. The highest BCUT2D eigenvalue weighted by molar-refractivity contribution is 5.80. The summed E-state index contributed by atoms with van der Waals surface area (Å²) in [6.07, 6.45) is 6.19. The molecule has 33 heavy (non-hydrogen) atoms. The van der Waals surface area contributed by atoms with Crippen LogP contribution in [0.1, 0.15) is 44.1 Å². The van der Waals surface area contributed by atoms with Gasteiger partial charge in [0, 0.05) is 57.6 Å². The summed E-state index contributed by atoms with van der Waals surface area (Å²) >= 11 is 0. The van der Waals surface area contributed by atoms with Crippen molar-refractivity contribution in [3.63, 3.8) is 0 Å². The third-order valence-electron chi connectivity index (χ3n) is 8.14. The van der Waals surface area contributed by atoms with Crippen molar-refractivity contribution in [2.45, 2.75) is 51.0 Å². The molecule has 3 atom stereocenters. The predicted octanol–water partition coefficient (Wildman–Crippen LogP) is 2.51. The lowest BCUT2D eigenvalue weighted by Gasteiger charge is -2.53. The van der Waals surface area contributed by atoms with E-state index in [1.54, 1.807) is 0 Å². The van der Waals surface area contributed by atoms with E-state index in [1.165, 1.54) is 5.56 Å². The highest BCUT2D eigenvalue weighted by Gasteiger charge is 2.45. The molecule has 178 valence electrons. The van der Waals surface area contributed by atoms with E-state index in [0.29, 0.717) is 49.8 Å². The molecule has 1 aromatic rings. The summed E-state index contributed by atoms with van der Waals surface area (Å²) in [7, 11) is 0. The van der Waals surface area contributed by atoms with E-state index in [0.717, 1.165) is 58.2 Å². The van der Waals surface area contributed by atoms with Gasteiger partial charge in [0.05, 0.1) is 0 Å². The largest absolute Gasteiger partial charge is 0.356 e. The van der Waals surface area contributed by atoms with E-state index in [2.05, 4.69) is 22.3 Å². The molecule has 4 aliphatic heterocycles. The molecule has 4 heterocycles. The molecule has 7 heteroatoms. The molecule has 5 rings (SSSR count). The van der Waals surface area contributed by atoms with Gasteiger partial charge in [0.15, 0.2) is 0 Å². The Morgan fingerprint density at radius 1 is 0.970 bits per heavy atom. The maximum absolute atomic E-state index is 13.3. The van der Waals surface area contributed by atoms with Crippen LogP contribution in [0.25, 0.3) is 0 Å². The molecule has 4 amide bonds. The van der Waals surface area contributed by atoms with Gasteiger partial charge in [0.25, 0.3) is 0 Å². The zero-order chi connectivity index (χ0) is 22.8. The minimum atomic E-state index is -0.00707. The van der Waals surface area contributed by atoms with Crippen LogP contribution in [0.2, 0.25) is 0 Å². The number of carbonyl (C=O) groups excluding carboxylic acids is 3. The molecular weight excluding hydrogens is 416 g/mol. The van der Waals surface area contributed by atoms with Crippen LogP contribution in [0.5, 0.6) is 0 Å². The molecule has 4 aliphatic rings. The van der Waals surface area contributed by atoms with Gasteiger partial charge in [0.2, 0.25) is 11.8 Å². The highest BCUT2D eigenvalue weighted by atomic mass is 16.2. The van der Waals surface area contributed by atoms with Crippen LogP contribution in [-0.4, -0.2) is 77.9 Å². The molecule has 7 nitrogen and oxygen atoms in total. The standard InChI is InChI=1S/C26H36N4O3/c31-24-8-4-7-23-22-15-20(17-30(23)24)16-29(18-22)26(33)28-13-10-21(11-14-28)25(32)27-12-9-19-5-2-1-3-6-19/h1-3,5-6,20-23H,4,7-18H2,(H,27,32)/t20-,22+,23+/m0/s1. The minimum Gasteiger partial charge on any atom is -0.356 e. The van der Waals surface area contributed by atoms with Crippen LogP contribution in [0.3, 0.4) is 0 Å². The van der Waals surface area contributed by atoms with E-state index >= 15 is 0 Å². The molecule has 1 N–H and O–H groups in total. The number of hydrogen-bond donors (Lipinski definition) is 1. The van der Waals surface area contributed by atoms with Crippen molar-refractivity contribution in [1.82, 2.24) is 20.0 Å². The van der Waals surface area contributed by atoms with E-state index < -0.39 is 0 Å². The number of carbonyl (C=O) groups is 3. The molecule has 0 spiro atoms. The number of amides is 4. The number of urea groups is 1. The van der Waals surface area contributed by atoms with E-state index in [1.807, 2.05) is 28.0 Å². The summed E-state index contributed by atoms with van der Waals surface area (Å²) in [5, 5.41) is 3.08. The van der Waals surface area contributed by atoms with Crippen LogP contribution in [0, 0.1) is 17.8 Å². The lowest BCUT2D eigenvalue weighted by Crippen LogP contribution is -2.62. The van der Waals surface area contributed by atoms with Gasteiger partial charge in [-0.3, -0.25) is 9.59 Å². The molecule has 0 aliphatic carbocycles. The van der Waals surface area contributed by atoms with Crippen molar-refractivity contribution >= 4 is 17.8 Å². The maximum atomic E-state index is 13.3. The fraction of sp³-hybridized carbons (Fsp3) is 0.654. The Morgan fingerprint density at radius 3 is 2.55 bits per heavy atom. The van der Waals surface area contributed by atoms with Gasteiger partial charge in [-0.2, -0.15) is 0 Å². The number of hydrogen-bond acceptors (Lipinski definition) is 3.